The summed E-state index contributed by atoms with van der Waals surface area (Å²) in [6.07, 6.45) is 0. The predicted octanol–water partition coefficient (Wildman–Crippen LogP) is -2.53. The van der Waals surface area contributed by atoms with Gasteiger partial charge in [-0.2, -0.15) is 0 Å². The van der Waals surface area contributed by atoms with Crippen LogP contribution < -0.4 is 22.7 Å². The number of nitro groups is 1. The number of halogens is 1. The quantitative estimate of drug-likeness (QED) is 0.418. The molecule has 3 N–H and O–H groups in total. The molecule has 0 aliphatic rings. The molecule has 1 aromatic rings. The van der Waals surface area contributed by atoms with Crippen LogP contribution in [0.1, 0.15) is 0 Å². The van der Waals surface area contributed by atoms with E-state index in [1.54, 1.807) is 18.2 Å². The fraction of sp³-hybridized carbons (Fsp3) is 0. The number of para-hydroxylation sites is 1. The molecule has 4 nitrogen and oxygen atoms in total. The highest BCUT2D eigenvalue weighted by molar-refractivity contribution is 5.50. The highest BCUT2D eigenvalue weighted by Gasteiger charge is 2.10. The lowest BCUT2D eigenvalue weighted by Gasteiger charge is -1.89. The molecule has 11 heavy (non-hydrogen) atoms. The molecule has 0 heterocycles. The van der Waals surface area contributed by atoms with Crippen LogP contribution in [0.5, 0.6) is 0 Å². The van der Waals surface area contributed by atoms with Crippen molar-refractivity contribution in [2.45, 2.75) is 0 Å². The maximum atomic E-state index is 10.2. The van der Waals surface area contributed by atoms with E-state index in [1.807, 2.05) is 0 Å². The molecule has 0 aromatic heterocycles. The number of hydrogen-bond donors (Lipinski definition) is 1. The first kappa shape index (κ1) is 10.1. The van der Waals surface area contributed by atoms with Crippen LogP contribution in [0.25, 0.3) is 0 Å². The Morgan fingerprint density at radius 2 is 1.91 bits per heavy atom. The van der Waals surface area contributed by atoms with Gasteiger partial charge in [0.25, 0.3) is 0 Å². The molecule has 5 heteroatoms. The van der Waals surface area contributed by atoms with Gasteiger partial charge in [-0.15, -0.1) is 0 Å². The average Bonchev–Trinajstić information content (AvgIpc) is 1.88. The van der Waals surface area contributed by atoms with Gasteiger partial charge in [-0.3, -0.25) is 10.1 Å². The van der Waals surface area contributed by atoms with E-state index in [9.17, 15) is 10.1 Å². The fourth-order valence-electron chi connectivity index (χ4n) is 0.689. The van der Waals surface area contributed by atoms with E-state index in [2.05, 4.69) is 5.73 Å². The second-order valence-corrected chi connectivity index (χ2v) is 1.89. The summed E-state index contributed by atoms with van der Waals surface area (Å²) in [4.78, 5) is 9.75. The van der Waals surface area contributed by atoms with Crippen molar-refractivity contribution in [1.29, 1.82) is 0 Å². The molecule has 0 spiro atoms. The number of nitro benzene ring substituents is 1. The molecule has 0 radical (unpaired) electrons. The lowest BCUT2D eigenvalue weighted by atomic mass is 10.3. The zero-order valence-electron chi connectivity index (χ0n) is 5.66. The maximum absolute atomic E-state index is 10.2. The third kappa shape index (κ3) is 2.28. The molecular weight excluding hydrogens is 212 g/mol. The molecule has 1 aromatic carbocycles. The largest absolute Gasteiger partial charge is 1.00 e. The van der Waals surface area contributed by atoms with Gasteiger partial charge in [-0.25, -0.2) is 0 Å². The highest BCUT2D eigenvalue weighted by Crippen LogP contribution is 2.16. The van der Waals surface area contributed by atoms with Gasteiger partial charge in [0, 0.05) is 12.1 Å². The third-order valence-electron chi connectivity index (χ3n) is 1.19. The number of benzene rings is 1. The van der Waals surface area contributed by atoms with Gasteiger partial charge in [-0.1, -0.05) is 12.1 Å². The van der Waals surface area contributed by atoms with E-state index >= 15 is 0 Å². The Bertz CT molecular complexity index is 265. The topological polar surface area (TPSA) is 70.8 Å². The Kier molecular flexibility index (Phi) is 3.70. The molecule has 1 rings (SSSR count). The number of quaternary nitrogens is 1. The first-order valence-corrected chi connectivity index (χ1v) is 2.77. The zero-order valence-corrected chi connectivity index (χ0v) is 7.24. The van der Waals surface area contributed by atoms with Crippen molar-refractivity contribution in [3.63, 3.8) is 0 Å². The standard InChI is InChI=1S/C6H6N2O2.BrH/c7-5-3-1-2-4-6(5)8(9)10;/h1-4H,7H2;1H. The lowest BCUT2D eigenvalue weighted by Crippen LogP contribution is -3.00. The van der Waals surface area contributed by atoms with Gasteiger partial charge in [0.15, 0.2) is 0 Å². The van der Waals surface area contributed by atoms with Gasteiger partial charge in [-0.05, 0) is 0 Å². The fourth-order valence-corrected chi connectivity index (χ4v) is 0.689. The molecule has 0 unspecified atom stereocenters. The van der Waals surface area contributed by atoms with Crippen molar-refractivity contribution in [2.75, 3.05) is 0 Å². The van der Waals surface area contributed by atoms with E-state index in [4.69, 9.17) is 0 Å². The summed E-state index contributed by atoms with van der Waals surface area (Å²) in [5.41, 5.74) is 4.02. The number of rotatable bonds is 1. The first-order chi connectivity index (χ1) is 4.72. The van der Waals surface area contributed by atoms with Crippen LogP contribution in [0.2, 0.25) is 0 Å². The molecule has 0 amide bonds. The summed E-state index contributed by atoms with van der Waals surface area (Å²) in [7, 11) is 0. The molecular formula is C6H7BrN2O2. The second-order valence-electron chi connectivity index (χ2n) is 1.89. The molecule has 0 saturated heterocycles. The summed E-state index contributed by atoms with van der Waals surface area (Å²) in [5, 5.41) is 10.2. The second kappa shape index (κ2) is 4.05. The number of nitrogens with zero attached hydrogens (tertiary/aromatic N) is 1. The summed E-state index contributed by atoms with van der Waals surface area (Å²) >= 11 is 0. The molecule has 60 valence electrons. The first-order valence-electron chi connectivity index (χ1n) is 2.77. The predicted molar refractivity (Wildman–Crippen MR) is 35.6 cm³/mol. The van der Waals surface area contributed by atoms with Crippen molar-refractivity contribution >= 4 is 11.4 Å². The van der Waals surface area contributed by atoms with E-state index in [-0.39, 0.29) is 22.7 Å². The van der Waals surface area contributed by atoms with Crippen molar-refractivity contribution in [2.24, 2.45) is 0 Å². The monoisotopic (exact) mass is 218 g/mol. The van der Waals surface area contributed by atoms with Crippen LogP contribution in [0.4, 0.5) is 11.4 Å². The van der Waals surface area contributed by atoms with Crippen molar-refractivity contribution in [3.05, 3.63) is 34.4 Å². The van der Waals surface area contributed by atoms with Crippen LogP contribution in [-0.4, -0.2) is 4.92 Å². The van der Waals surface area contributed by atoms with Gasteiger partial charge in [0.1, 0.15) is 0 Å². The minimum absolute atomic E-state index is 0. The van der Waals surface area contributed by atoms with Crippen molar-refractivity contribution in [1.82, 2.24) is 0 Å². The zero-order chi connectivity index (χ0) is 7.56. The Labute approximate surface area is 73.9 Å². The minimum atomic E-state index is -0.442. The minimum Gasteiger partial charge on any atom is -1.00 e. The van der Waals surface area contributed by atoms with E-state index in [0.29, 0.717) is 5.69 Å². The van der Waals surface area contributed by atoms with Crippen LogP contribution >= 0.6 is 0 Å². The maximum Gasteiger partial charge on any atom is 0.329 e. The van der Waals surface area contributed by atoms with E-state index in [1.165, 1.54) is 6.07 Å². The SMILES string of the molecule is [Br-].[NH3+]c1ccccc1[N+](=O)[O-]. The van der Waals surface area contributed by atoms with Gasteiger partial charge < -0.3 is 22.7 Å². The lowest BCUT2D eigenvalue weighted by molar-refractivity contribution is -0.395. The average molecular weight is 219 g/mol. The number of hydrogen-bond acceptors (Lipinski definition) is 2. The van der Waals surface area contributed by atoms with Gasteiger partial charge in [0.2, 0.25) is 5.69 Å². The Balaban J connectivity index is 0.000001000. The normalized spacial score (nSPS) is 8.45. The van der Waals surface area contributed by atoms with Crippen LogP contribution in [0.3, 0.4) is 0 Å². The van der Waals surface area contributed by atoms with E-state index < -0.39 is 4.92 Å². The van der Waals surface area contributed by atoms with Crippen molar-refractivity contribution in [3.8, 4) is 0 Å². The molecule has 0 aliphatic heterocycles. The summed E-state index contributed by atoms with van der Waals surface area (Å²) in [6.45, 7) is 0. The van der Waals surface area contributed by atoms with Gasteiger partial charge in [0.05, 0.1) is 4.92 Å². The van der Waals surface area contributed by atoms with Crippen LogP contribution in [0.15, 0.2) is 24.3 Å². The summed E-state index contributed by atoms with van der Waals surface area (Å²) < 4.78 is 0. The van der Waals surface area contributed by atoms with Crippen LogP contribution in [0, 0.1) is 10.1 Å². The van der Waals surface area contributed by atoms with Gasteiger partial charge >= 0.3 is 5.69 Å². The summed E-state index contributed by atoms with van der Waals surface area (Å²) in [5.74, 6) is 0. The Morgan fingerprint density at radius 3 is 2.27 bits per heavy atom. The molecule has 0 saturated carbocycles. The molecule has 0 fully saturated rings. The third-order valence-corrected chi connectivity index (χ3v) is 1.19. The van der Waals surface area contributed by atoms with Crippen LogP contribution in [-0.2, 0) is 0 Å². The highest BCUT2D eigenvalue weighted by atomic mass is 79.9. The smallest absolute Gasteiger partial charge is 0.329 e. The molecule has 0 bridgehead atoms. The molecule has 0 atom stereocenters. The Morgan fingerprint density at radius 1 is 1.36 bits per heavy atom. The van der Waals surface area contributed by atoms with Crippen molar-refractivity contribution < 1.29 is 27.6 Å². The van der Waals surface area contributed by atoms with E-state index in [0.717, 1.165) is 0 Å². The molecule has 0 aliphatic carbocycles. The summed E-state index contributed by atoms with van der Waals surface area (Å²) in [6, 6.07) is 6.38. The Hall–Kier alpha value is -0.940.